The van der Waals surface area contributed by atoms with Crippen LogP contribution in [0, 0.1) is 0 Å². The molecule has 0 atom stereocenters. The van der Waals surface area contributed by atoms with Crippen molar-refractivity contribution in [2.24, 2.45) is 0 Å². The summed E-state index contributed by atoms with van der Waals surface area (Å²) >= 11 is 0. The Morgan fingerprint density at radius 3 is 3.00 bits per heavy atom. The van der Waals surface area contributed by atoms with Gasteiger partial charge < -0.3 is 15.5 Å². The minimum absolute atomic E-state index is 0.300. The molecule has 3 heterocycles. The number of H-pyrrole nitrogens is 1. The number of hydrogen-bond donors (Lipinski definition) is 2. The van der Waals surface area contributed by atoms with Gasteiger partial charge in [0.05, 0.1) is 28.9 Å². The summed E-state index contributed by atoms with van der Waals surface area (Å²) in [5, 5.41) is 0.600. The van der Waals surface area contributed by atoms with Crippen molar-refractivity contribution in [2.75, 3.05) is 12.3 Å². The largest absolute Gasteiger partial charge is 0.462 e. The first-order chi connectivity index (χ1) is 10.2. The zero-order chi connectivity index (χ0) is 14.8. The van der Waals surface area contributed by atoms with Crippen molar-refractivity contribution < 1.29 is 9.53 Å². The molecule has 7 nitrogen and oxygen atoms in total. The number of anilines is 1. The van der Waals surface area contributed by atoms with E-state index in [-0.39, 0.29) is 0 Å². The maximum absolute atomic E-state index is 12.0. The Bertz CT molecular complexity index is 812. The minimum Gasteiger partial charge on any atom is -0.462 e. The number of nitrogen functional groups attached to an aromatic ring is 1. The number of rotatable bonds is 3. The van der Waals surface area contributed by atoms with Crippen LogP contribution in [0.1, 0.15) is 17.3 Å². The molecule has 0 fully saturated rings. The molecular formula is C14H13N5O2. The van der Waals surface area contributed by atoms with E-state index in [1.54, 1.807) is 31.6 Å². The fourth-order valence-electron chi connectivity index (χ4n) is 2.14. The second-order valence-electron chi connectivity index (χ2n) is 4.38. The zero-order valence-electron chi connectivity index (χ0n) is 11.3. The number of aromatic nitrogens is 4. The normalized spacial score (nSPS) is 10.7. The average molecular weight is 283 g/mol. The SMILES string of the molecule is CCOC(=O)c1c[nH]c2ncnc(-c3cncc(N)c3)c12. The van der Waals surface area contributed by atoms with Gasteiger partial charge in [-0.25, -0.2) is 14.8 Å². The van der Waals surface area contributed by atoms with Crippen LogP contribution >= 0.6 is 0 Å². The Morgan fingerprint density at radius 1 is 1.38 bits per heavy atom. The number of carbonyl (C=O) groups excluding carboxylic acids is 1. The molecule has 0 aliphatic carbocycles. The van der Waals surface area contributed by atoms with Crippen LogP contribution in [-0.4, -0.2) is 32.5 Å². The summed E-state index contributed by atoms with van der Waals surface area (Å²) in [5.41, 5.74) is 8.53. The summed E-state index contributed by atoms with van der Waals surface area (Å²) < 4.78 is 5.05. The van der Waals surface area contributed by atoms with Gasteiger partial charge in [0, 0.05) is 24.2 Å². The molecule has 0 bridgehead atoms. The average Bonchev–Trinajstić information content (AvgIpc) is 2.91. The van der Waals surface area contributed by atoms with Gasteiger partial charge in [-0.3, -0.25) is 4.98 Å². The van der Waals surface area contributed by atoms with Gasteiger partial charge in [-0.05, 0) is 13.0 Å². The molecule has 3 aromatic rings. The summed E-state index contributed by atoms with van der Waals surface area (Å²) in [6.45, 7) is 2.06. The van der Waals surface area contributed by atoms with Gasteiger partial charge in [0.1, 0.15) is 12.0 Å². The third-order valence-corrected chi connectivity index (χ3v) is 3.00. The number of esters is 1. The molecule has 0 saturated carbocycles. The Hall–Kier alpha value is -2.96. The second-order valence-corrected chi connectivity index (χ2v) is 4.38. The van der Waals surface area contributed by atoms with E-state index in [0.29, 0.717) is 40.1 Å². The van der Waals surface area contributed by atoms with Crippen molar-refractivity contribution in [3.05, 3.63) is 36.5 Å². The first-order valence-electron chi connectivity index (χ1n) is 6.40. The van der Waals surface area contributed by atoms with Crippen molar-refractivity contribution >= 4 is 22.7 Å². The summed E-state index contributed by atoms with van der Waals surface area (Å²) in [5.74, 6) is -0.420. The summed E-state index contributed by atoms with van der Waals surface area (Å²) in [7, 11) is 0. The van der Waals surface area contributed by atoms with Crippen LogP contribution in [0.15, 0.2) is 31.0 Å². The van der Waals surface area contributed by atoms with Gasteiger partial charge in [0.15, 0.2) is 0 Å². The fourth-order valence-corrected chi connectivity index (χ4v) is 2.14. The van der Waals surface area contributed by atoms with Crippen LogP contribution in [-0.2, 0) is 4.74 Å². The van der Waals surface area contributed by atoms with Crippen LogP contribution in [0.2, 0.25) is 0 Å². The summed E-state index contributed by atoms with van der Waals surface area (Å²) in [4.78, 5) is 27.4. The minimum atomic E-state index is -0.420. The number of nitrogens with two attached hydrogens (primary N) is 1. The van der Waals surface area contributed by atoms with Crippen molar-refractivity contribution in [1.82, 2.24) is 19.9 Å². The highest BCUT2D eigenvalue weighted by Gasteiger charge is 2.18. The topological polar surface area (TPSA) is 107 Å². The van der Waals surface area contributed by atoms with Crippen molar-refractivity contribution in [3.8, 4) is 11.3 Å². The highest BCUT2D eigenvalue weighted by Crippen LogP contribution is 2.28. The molecule has 0 aliphatic rings. The third-order valence-electron chi connectivity index (χ3n) is 3.00. The Balaban J connectivity index is 2.23. The maximum Gasteiger partial charge on any atom is 0.340 e. The Kier molecular flexibility index (Phi) is 3.23. The number of nitrogens with one attached hydrogen (secondary N) is 1. The van der Waals surface area contributed by atoms with Gasteiger partial charge in [0.25, 0.3) is 0 Å². The number of carbonyl (C=O) groups is 1. The number of aromatic amines is 1. The number of ether oxygens (including phenoxy) is 1. The predicted octanol–water partition coefficient (Wildman–Crippen LogP) is 1.78. The molecule has 21 heavy (non-hydrogen) atoms. The molecule has 0 aromatic carbocycles. The fraction of sp³-hybridized carbons (Fsp3) is 0.143. The standard InChI is InChI=1S/C14H13N5O2/c1-2-21-14(20)10-6-17-13-11(10)12(18-7-19-13)8-3-9(15)5-16-4-8/h3-7H,2,15H2,1H3,(H,17,18,19). The molecule has 0 unspecified atom stereocenters. The van der Waals surface area contributed by atoms with Crippen LogP contribution in [0.3, 0.4) is 0 Å². The maximum atomic E-state index is 12.0. The molecule has 0 spiro atoms. The molecular weight excluding hydrogens is 270 g/mol. The molecule has 106 valence electrons. The number of nitrogens with zero attached hydrogens (tertiary/aromatic N) is 3. The van der Waals surface area contributed by atoms with E-state index in [1.165, 1.54) is 6.33 Å². The summed E-state index contributed by atoms with van der Waals surface area (Å²) in [6, 6.07) is 1.75. The Morgan fingerprint density at radius 2 is 2.24 bits per heavy atom. The van der Waals surface area contributed by atoms with Gasteiger partial charge >= 0.3 is 5.97 Å². The lowest BCUT2D eigenvalue weighted by Gasteiger charge is -2.05. The molecule has 0 aliphatic heterocycles. The van der Waals surface area contributed by atoms with Crippen molar-refractivity contribution in [3.63, 3.8) is 0 Å². The van der Waals surface area contributed by atoms with Crippen LogP contribution in [0.25, 0.3) is 22.3 Å². The molecule has 3 N–H and O–H groups in total. The zero-order valence-corrected chi connectivity index (χ0v) is 11.3. The monoisotopic (exact) mass is 283 g/mol. The second kappa shape index (κ2) is 5.20. The summed E-state index contributed by atoms with van der Waals surface area (Å²) in [6.07, 6.45) is 6.18. The molecule has 0 radical (unpaired) electrons. The Labute approximate surface area is 120 Å². The first-order valence-corrected chi connectivity index (χ1v) is 6.40. The van der Waals surface area contributed by atoms with Crippen LogP contribution in [0.5, 0.6) is 0 Å². The molecule has 3 aromatic heterocycles. The molecule has 3 rings (SSSR count). The number of pyridine rings is 1. The number of fused-ring (bicyclic) bond motifs is 1. The smallest absolute Gasteiger partial charge is 0.340 e. The van der Waals surface area contributed by atoms with Gasteiger partial charge in [-0.15, -0.1) is 0 Å². The lowest BCUT2D eigenvalue weighted by atomic mass is 10.1. The van der Waals surface area contributed by atoms with Gasteiger partial charge in [0.2, 0.25) is 0 Å². The quantitative estimate of drug-likeness (QED) is 0.709. The molecule has 7 heteroatoms. The van der Waals surface area contributed by atoms with E-state index >= 15 is 0 Å². The van der Waals surface area contributed by atoms with E-state index in [9.17, 15) is 4.79 Å². The van der Waals surface area contributed by atoms with Crippen LogP contribution < -0.4 is 5.73 Å². The van der Waals surface area contributed by atoms with Crippen molar-refractivity contribution in [1.29, 1.82) is 0 Å². The van der Waals surface area contributed by atoms with E-state index in [1.807, 2.05) is 0 Å². The van der Waals surface area contributed by atoms with Gasteiger partial charge in [-0.2, -0.15) is 0 Å². The lowest BCUT2D eigenvalue weighted by Crippen LogP contribution is -2.04. The molecule has 0 amide bonds. The number of hydrogen-bond acceptors (Lipinski definition) is 6. The third kappa shape index (κ3) is 2.29. The highest BCUT2D eigenvalue weighted by atomic mass is 16.5. The van der Waals surface area contributed by atoms with E-state index in [4.69, 9.17) is 10.5 Å². The highest BCUT2D eigenvalue weighted by molar-refractivity contribution is 6.08. The first kappa shape index (κ1) is 13.0. The van der Waals surface area contributed by atoms with Crippen LogP contribution in [0.4, 0.5) is 5.69 Å². The van der Waals surface area contributed by atoms with E-state index in [0.717, 1.165) is 0 Å². The van der Waals surface area contributed by atoms with Crippen molar-refractivity contribution in [2.45, 2.75) is 6.92 Å². The lowest BCUT2D eigenvalue weighted by molar-refractivity contribution is 0.0528. The predicted molar refractivity (Wildman–Crippen MR) is 77.5 cm³/mol. The molecule has 0 saturated heterocycles. The van der Waals surface area contributed by atoms with E-state index < -0.39 is 5.97 Å². The van der Waals surface area contributed by atoms with Gasteiger partial charge in [-0.1, -0.05) is 0 Å². The van der Waals surface area contributed by atoms with E-state index in [2.05, 4.69) is 19.9 Å².